The van der Waals surface area contributed by atoms with Gasteiger partial charge in [0.05, 0.1) is 29.8 Å². The molecular weight excluding hydrogens is 436 g/mol. The Hall–Kier alpha value is -3.13. The van der Waals surface area contributed by atoms with Crippen LogP contribution < -0.4 is 14.4 Å². The summed E-state index contributed by atoms with van der Waals surface area (Å²) >= 11 is 1.47. The van der Waals surface area contributed by atoms with Crippen molar-refractivity contribution in [2.24, 2.45) is 5.92 Å². The van der Waals surface area contributed by atoms with Crippen LogP contribution in [0.3, 0.4) is 0 Å². The number of thiophene rings is 1. The quantitative estimate of drug-likeness (QED) is 0.542. The highest BCUT2D eigenvalue weighted by atomic mass is 32.1. The van der Waals surface area contributed by atoms with E-state index >= 15 is 0 Å². The van der Waals surface area contributed by atoms with E-state index in [2.05, 4.69) is 11.8 Å². The molecule has 4 heterocycles. The fraction of sp³-hybridized carbons (Fsp3) is 0.400. The predicted molar refractivity (Wildman–Crippen MR) is 128 cm³/mol. The molecule has 7 nitrogen and oxygen atoms in total. The van der Waals surface area contributed by atoms with E-state index in [-0.39, 0.29) is 5.91 Å². The van der Waals surface area contributed by atoms with Crippen molar-refractivity contribution in [3.8, 4) is 17.4 Å². The number of hydrogen-bond acceptors (Lipinski definition) is 7. The smallest absolute Gasteiger partial charge is 0.264 e. The second-order valence-electron chi connectivity index (χ2n) is 8.66. The van der Waals surface area contributed by atoms with Crippen LogP contribution >= 0.6 is 11.3 Å². The van der Waals surface area contributed by atoms with E-state index in [1.165, 1.54) is 11.3 Å². The lowest BCUT2D eigenvalue weighted by molar-refractivity contribution is 0.0737. The summed E-state index contributed by atoms with van der Waals surface area (Å²) in [5.74, 6) is 3.47. The molecule has 0 saturated carbocycles. The maximum absolute atomic E-state index is 13.0. The Labute approximate surface area is 198 Å². The Bertz CT molecular complexity index is 1110. The molecule has 0 unspecified atom stereocenters. The molecule has 172 valence electrons. The molecule has 2 aromatic heterocycles. The van der Waals surface area contributed by atoms with Gasteiger partial charge in [-0.3, -0.25) is 4.79 Å². The first kappa shape index (κ1) is 21.7. The van der Waals surface area contributed by atoms with Crippen molar-refractivity contribution in [2.45, 2.75) is 32.7 Å². The van der Waals surface area contributed by atoms with Gasteiger partial charge in [-0.05, 0) is 54.5 Å². The zero-order valence-electron chi connectivity index (χ0n) is 19.0. The molecule has 3 aromatic rings. The minimum Gasteiger partial charge on any atom is -0.497 e. The minimum atomic E-state index is 0.0418. The molecule has 2 aliphatic heterocycles. The van der Waals surface area contributed by atoms with E-state index in [1.807, 2.05) is 46.7 Å². The normalized spacial score (nSPS) is 16.4. The van der Waals surface area contributed by atoms with Gasteiger partial charge in [0.1, 0.15) is 11.5 Å². The van der Waals surface area contributed by atoms with Crippen molar-refractivity contribution >= 4 is 23.2 Å². The third-order valence-corrected chi connectivity index (χ3v) is 7.23. The summed E-state index contributed by atoms with van der Waals surface area (Å²) in [5, 5.41) is 1.93. The van der Waals surface area contributed by atoms with Gasteiger partial charge in [-0.2, -0.15) is 4.98 Å². The van der Waals surface area contributed by atoms with Gasteiger partial charge in [0.15, 0.2) is 0 Å². The van der Waals surface area contributed by atoms with E-state index in [4.69, 9.17) is 19.4 Å². The zero-order valence-corrected chi connectivity index (χ0v) is 19.8. The van der Waals surface area contributed by atoms with Crippen LogP contribution in [0.15, 0.2) is 41.8 Å². The molecule has 0 bridgehead atoms. The predicted octanol–water partition coefficient (Wildman–Crippen LogP) is 4.77. The number of piperidine rings is 1. The van der Waals surface area contributed by atoms with Crippen LogP contribution in [0.2, 0.25) is 0 Å². The highest BCUT2D eigenvalue weighted by molar-refractivity contribution is 7.12. The zero-order chi connectivity index (χ0) is 22.8. The molecule has 0 spiro atoms. The Morgan fingerprint density at radius 3 is 2.52 bits per heavy atom. The number of methoxy groups -OCH3 is 1. The average Bonchev–Trinajstić information content (AvgIpc) is 3.39. The van der Waals surface area contributed by atoms with E-state index in [0.29, 0.717) is 31.1 Å². The van der Waals surface area contributed by atoms with E-state index in [0.717, 1.165) is 59.7 Å². The number of ether oxygens (including phenoxy) is 2. The fourth-order valence-corrected chi connectivity index (χ4v) is 4.98. The first-order chi connectivity index (χ1) is 16.1. The van der Waals surface area contributed by atoms with Crippen molar-refractivity contribution in [3.63, 3.8) is 0 Å². The minimum absolute atomic E-state index is 0.0418. The first-order valence-corrected chi connectivity index (χ1v) is 12.3. The van der Waals surface area contributed by atoms with Gasteiger partial charge < -0.3 is 19.3 Å². The van der Waals surface area contributed by atoms with E-state index in [1.54, 1.807) is 7.11 Å². The monoisotopic (exact) mass is 464 g/mol. The maximum Gasteiger partial charge on any atom is 0.264 e. The number of amides is 1. The third kappa shape index (κ3) is 4.66. The van der Waals surface area contributed by atoms with Gasteiger partial charge in [0, 0.05) is 26.1 Å². The SMILES string of the molecule is COc1ccc(Oc2nc(N3CCC(C)CC3)nc3c2CN(C(=O)c2cccs2)CC3)cc1. The van der Waals surface area contributed by atoms with Crippen molar-refractivity contribution < 1.29 is 14.3 Å². The number of anilines is 1. The second kappa shape index (κ2) is 9.39. The Kier molecular flexibility index (Phi) is 6.17. The summed E-state index contributed by atoms with van der Waals surface area (Å²) in [6, 6.07) is 11.2. The van der Waals surface area contributed by atoms with Crippen LogP contribution in [-0.2, 0) is 13.0 Å². The summed E-state index contributed by atoms with van der Waals surface area (Å²) in [6.45, 7) is 5.27. The Morgan fingerprint density at radius 2 is 1.82 bits per heavy atom. The summed E-state index contributed by atoms with van der Waals surface area (Å²) in [7, 11) is 1.64. The van der Waals surface area contributed by atoms with Gasteiger partial charge in [-0.25, -0.2) is 4.98 Å². The standard InChI is InChI=1S/C25H28N4O3S/c1-17-9-12-28(13-10-17)25-26-21-11-14-29(24(30)22-4-3-15-33-22)16-20(21)23(27-25)32-19-7-5-18(31-2)6-8-19/h3-8,15,17H,9-14,16H2,1-2H3. The van der Waals surface area contributed by atoms with Crippen LogP contribution in [0.5, 0.6) is 17.4 Å². The van der Waals surface area contributed by atoms with Crippen molar-refractivity contribution in [2.75, 3.05) is 31.6 Å². The molecule has 33 heavy (non-hydrogen) atoms. The fourth-order valence-electron chi connectivity index (χ4n) is 4.29. The van der Waals surface area contributed by atoms with Crippen molar-refractivity contribution in [3.05, 3.63) is 57.9 Å². The maximum atomic E-state index is 13.0. The molecule has 5 rings (SSSR count). The molecule has 2 aliphatic rings. The number of nitrogens with zero attached hydrogens (tertiary/aromatic N) is 4. The van der Waals surface area contributed by atoms with Gasteiger partial charge >= 0.3 is 0 Å². The number of rotatable bonds is 5. The molecule has 1 aromatic carbocycles. The van der Waals surface area contributed by atoms with Crippen LogP contribution in [0.1, 0.15) is 40.7 Å². The lowest BCUT2D eigenvalue weighted by Gasteiger charge is -2.33. The van der Waals surface area contributed by atoms with Crippen LogP contribution in [0.4, 0.5) is 5.95 Å². The summed E-state index contributed by atoms with van der Waals surface area (Å²) in [5.41, 5.74) is 1.86. The highest BCUT2D eigenvalue weighted by Crippen LogP contribution is 2.33. The molecule has 1 fully saturated rings. The number of carbonyl (C=O) groups is 1. The molecular formula is C25H28N4O3S. The molecule has 1 saturated heterocycles. The second-order valence-corrected chi connectivity index (χ2v) is 9.60. The average molecular weight is 465 g/mol. The van der Waals surface area contributed by atoms with Crippen LogP contribution in [0, 0.1) is 5.92 Å². The van der Waals surface area contributed by atoms with E-state index < -0.39 is 0 Å². The van der Waals surface area contributed by atoms with Crippen LogP contribution in [0.25, 0.3) is 0 Å². The molecule has 1 amide bonds. The van der Waals surface area contributed by atoms with Gasteiger partial charge in [-0.15, -0.1) is 11.3 Å². The Balaban J connectivity index is 1.47. The topological polar surface area (TPSA) is 67.8 Å². The van der Waals surface area contributed by atoms with Crippen molar-refractivity contribution in [1.29, 1.82) is 0 Å². The number of carbonyl (C=O) groups excluding carboxylic acids is 1. The van der Waals surface area contributed by atoms with Gasteiger partial charge in [0.25, 0.3) is 5.91 Å². The number of fused-ring (bicyclic) bond motifs is 1. The lowest BCUT2D eigenvalue weighted by Crippen LogP contribution is -2.38. The molecule has 8 heteroatoms. The first-order valence-electron chi connectivity index (χ1n) is 11.4. The largest absolute Gasteiger partial charge is 0.497 e. The molecule has 0 N–H and O–H groups in total. The summed E-state index contributed by atoms with van der Waals surface area (Å²) in [4.78, 5) is 27.6. The Morgan fingerprint density at radius 1 is 1.06 bits per heavy atom. The molecule has 0 aliphatic carbocycles. The van der Waals surface area contributed by atoms with Gasteiger partial charge in [0.2, 0.25) is 11.8 Å². The number of aromatic nitrogens is 2. The van der Waals surface area contributed by atoms with Gasteiger partial charge in [-0.1, -0.05) is 13.0 Å². The molecule has 0 atom stereocenters. The number of benzene rings is 1. The molecule has 0 radical (unpaired) electrons. The highest BCUT2D eigenvalue weighted by Gasteiger charge is 2.29. The van der Waals surface area contributed by atoms with Crippen LogP contribution in [-0.4, -0.2) is 47.5 Å². The summed E-state index contributed by atoms with van der Waals surface area (Å²) < 4.78 is 11.5. The van der Waals surface area contributed by atoms with Crippen molar-refractivity contribution in [1.82, 2.24) is 14.9 Å². The lowest BCUT2D eigenvalue weighted by atomic mass is 9.99. The van der Waals surface area contributed by atoms with E-state index in [9.17, 15) is 4.79 Å². The summed E-state index contributed by atoms with van der Waals surface area (Å²) in [6.07, 6.45) is 2.96. The number of hydrogen-bond donors (Lipinski definition) is 0. The third-order valence-electron chi connectivity index (χ3n) is 6.37.